The number of carbonyl (C=O) groups excluding carboxylic acids is 2. The first-order chi connectivity index (χ1) is 14.8. The van der Waals surface area contributed by atoms with Gasteiger partial charge in [0.2, 0.25) is 5.78 Å². The molecule has 1 aromatic heterocycles. The Morgan fingerprint density at radius 3 is 2.32 bits per heavy atom. The lowest BCUT2D eigenvalue weighted by Crippen LogP contribution is -2.11. The predicted octanol–water partition coefficient (Wildman–Crippen LogP) is 6.68. The number of aromatic hydroxyl groups is 2. The largest absolute Gasteiger partial charge is 0.507 e. The summed E-state index contributed by atoms with van der Waals surface area (Å²) in [5, 5.41) is 21.7. The van der Waals surface area contributed by atoms with Crippen molar-refractivity contribution in [1.82, 2.24) is 0 Å². The smallest absolute Gasteiger partial charge is 0.348 e. The number of phenols is 2. The monoisotopic (exact) mass is 624 g/mol. The second-order valence-corrected chi connectivity index (χ2v) is 9.99. The number of halogens is 3. The molecule has 156 valence electrons. The number of cyclic esters (lactones) is 1. The number of ketones is 1. The van der Waals surface area contributed by atoms with Crippen molar-refractivity contribution >= 4 is 82.5 Å². The zero-order chi connectivity index (χ0) is 22.3. The van der Waals surface area contributed by atoms with E-state index < -0.39 is 11.8 Å². The van der Waals surface area contributed by atoms with Gasteiger partial charge in [-0.25, -0.2) is 4.79 Å². The zero-order valence-corrected chi connectivity index (χ0v) is 20.9. The van der Waals surface area contributed by atoms with Gasteiger partial charge in [-0.15, -0.1) is 11.3 Å². The average molecular weight is 627 g/mol. The number of carbonyl (C=O) groups is 2. The van der Waals surface area contributed by atoms with E-state index in [1.54, 1.807) is 18.2 Å². The van der Waals surface area contributed by atoms with Gasteiger partial charge in [-0.2, -0.15) is 0 Å². The lowest BCUT2D eigenvalue weighted by Gasteiger charge is -2.08. The van der Waals surface area contributed by atoms with E-state index in [9.17, 15) is 19.8 Å². The first-order valence-electron chi connectivity index (χ1n) is 8.70. The quantitative estimate of drug-likeness (QED) is 0.192. The molecule has 0 amide bonds. The maximum absolute atomic E-state index is 13.4. The third-order valence-corrected chi connectivity index (χ3v) is 7.13. The van der Waals surface area contributed by atoms with Crippen LogP contribution in [0.5, 0.6) is 11.5 Å². The van der Waals surface area contributed by atoms with Crippen molar-refractivity contribution in [3.8, 4) is 11.5 Å². The predicted molar refractivity (Wildman–Crippen MR) is 129 cm³/mol. The van der Waals surface area contributed by atoms with Gasteiger partial charge < -0.3 is 14.9 Å². The second-order valence-electron chi connectivity index (χ2n) is 6.45. The molecule has 4 rings (SSSR count). The third-order valence-electron chi connectivity index (χ3n) is 4.46. The molecule has 0 atom stereocenters. The normalized spacial score (nSPS) is 14.9. The Bertz CT molecular complexity index is 1270. The molecule has 0 bridgehead atoms. The van der Waals surface area contributed by atoms with Gasteiger partial charge >= 0.3 is 5.97 Å². The topological polar surface area (TPSA) is 83.8 Å². The van der Waals surface area contributed by atoms with Crippen LogP contribution in [0.2, 0.25) is 0 Å². The highest BCUT2D eigenvalue weighted by atomic mass is 79.9. The van der Waals surface area contributed by atoms with Crippen LogP contribution in [0.15, 0.2) is 72.6 Å². The van der Waals surface area contributed by atoms with Crippen molar-refractivity contribution in [2.45, 2.75) is 0 Å². The van der Waals surface area contributed by atoms with Crippen molar-refractivity contribution in [3.05, 3.63) is 88.6 Å². The molecule has 1 aliphatic heterocycles. The highest BCUT2D eigenvalue weighted by Gasteiger charge is 2.36. The van der Waals surface area contributed by atoms with Gasteiger partial charge in [-0.3, -0.25) is 4.79 Å². The number of benzene rings is 2. The number of esters is 1. The Kier molecular flexibility index (Phi) is 6.20. The standard InChI is InChI=1S/C22H11Br3O5S/c23-13-6-10(3-4-16(13)26)18-17(9-12-2-1-5-31-12)30-22(29)19(18)20(27)11-7-14(24)21(28)15(25)8-11/h1-9,26,28H/b17-9-. The summed E-state index contributed by atoms with van der Waals surface area (Å²) in [6.07, 6.45) is 1.70. The highest BCUT2D eigenvalue weighted by Crippen LogP contribution is 2.41. The molecule has 0 spiro atoms. The van der Waals surface area contributed by atoms with Crippen LogP contribution in [0.25, 0.3) is 11.6 Å². The number of thiophene rings is 1. The average Bonchev–Trinajstić information content (AvgIpc) is 3.35. The summed E-state index contributed by atoms with van der Waals surface area (Å²) in [5.74, 6) is -1.11. The molecular formula is C22H11Br3O5S. The SMILES string of the molecule is O=C1O/C(=C\c2cccs2)C(c2ccc(O)c(Br)c2)=C1C(=O)c1cc(Br)c(O)c(Br)c1. The van der Waals surface area contributed by atoms with Gasteiger partial charge in [0.15, 0.2) is 0 Å². The molecular weight excluding hydrogens is 616 g/mol. The Morgan fingerprint density at radius 1 is 1.00 bits per heavy atom. The van der Waals surface area contributed by atoms with Crippen LogP contribution in [0.4, 0.5) is 0 Å². The van der Waals surface area contributed by atoms with Gasteiger partial charge in [0.25, 0.3) is 0 Å². The highest BCUT2D eigenvalue weighted by molar-refractivity contribution is 9.11. The molecule has 2 N–H and O–H groups in total. The van der Waals surface area contributed by atoms with E-state index in [1.807, 2.05) is 17.5 Å². The van der Waals surface area contributed by atoms with Gasteiger partial charge in [-0.1, -0.05) is 12.1 Å². The summed E-state index contributed by atoms with van der Waals surface area (Å²) in [4.78, 5) is 27.1. The van der Waals surface area contributed by atoms with Crippen LogP contribution in [-0.4, -0.2) is 22.0 Å². The molecule has 5 nitrogen and oxygen atoms in total. The van der Waals surface area contributed by atoms with E-state index in [0.29, 0.717) is 24.6 Å². The molecule has 1 aliphatic rings. The molecule has 2 aromatic carbocycles. The maximum Gasteiger partial charge on any atom is 0.348 e. The van der Waals surface area contributed by atoms with Crippen molar-refractivity contribution in [2.24, 2.45) is 0 Å². The Labute approximate surface area is 206 Å². The lowest BCUT2D eigenvalue weighted by atomic mass is 9.94. The lowest BCUT2D eigenvalue weighted by molar-refractivity contribution is -0.132. The van der Waals surface area contributed by atoms with E-state index in [2.05, 4.69) is 47.8 Å². The molecule has 9 heteroatoms. The fourth-order valence-electron chi connectivity index (χ4n) is 3.03. The maximum atomic E-state index is 13.4. The minimum absolute atomic E-state index is 0.0256. The number of rotatable bonds is 4. The van der Waals surface area contributed by atoms with Crippen LogP contribution in [0.3, 0.4) is 0 Å². The number of hydrogen-bond acceptors (Lipinski definition) is 6. The molecule has 0 unspecified atom stereocenters. The van der Waals surface area contributed by atoms with Crippen molar-refractivity contribution < 1.29 is 24.5 Å². The molecule has 0 saturated heterocycles. The molecule has 0 saturated carbocycles. The Morgan fingerprint density at radius 2 is 1.71 bits per heavy atom. The minimum Gasteiger partial charge on any atom is -0.507 e. The number of phenolic OH excluding ortho intramolecular Hbond substituents is 2. The first-order valence-corrected chi connectivity index (χ1v) is 12.0. The number of hydrogen-bond donors (Lipinski definition) is 2. The number of Topliss-reactive ketones (excluding diaryl/α,β-unsaturated/α-hetero) is 1. The van der Waals surface area contributed by atoms with E-state index >= 15 is 0 Å². The van der Waals surface area contributed by atoms with Crippen LogP contribution in [0.1, 0.15) is 20.8 Å². The Balaban J connectivity index is 1.94. The van der Waals surface area contributed by atoms with Crippen molar-refractivity contribution in [1.29, 1.82) is 0 Å². The molecule has 2 heterocycles. The van der Waals surface area contributed by atoms with Crippen molar-refractivity contribution in [2.75, 3.05) is 0 Å². The number of ether oxygens (including phenoxy) is 1. The third kappa shape index (κ3) is 4.27. The van der Waals surface area contributed by atoms with Gasteiger partial charge in [0, 0.05) is 16.0 Å². The number of allylic oxidation sites excluding steroid dienone is 1. The van der Waals surface area contributed by atoms with Crippen LogP contribution < -0.4 is 0 Å². The molecule has 3 aromatic rings. The molecule has 0 radical (unpaired) electrons. The zero-order valence-electron chi connectivity index (χ0n) is 15.4. The fourth-order valence-corrected chi connectivity index (χ4v) is 5.24. The minimum atomic E-state index is -0.771. The summed E-state index contributed by atoms with van der Waals surface area (Å²) < 4.78 is 6.52. The first kappa shape index (κ1) is 22.0. The molecule has 0 fully saturated rings. The van der Waals surface area contributed by atoms with Crippen molar-refractivity contribution in [3.63, 3.8) is 0 Å². The van der Waals surface area contributed by atoms with Gasteiger partial charge in [-0.05, 0) is 95.1 Å². The summed E-state index contributed by atoms with van der Waals surface area (Å²) in [6, 6.07) is 11.3. The summed E-state index contributed by atoms with van der Waals surface area (Å²) in [7, 11) is 0. The van der Waals surface area contributed by atoms with Crippen LogP contribution in [-0.2, 0) is 9.53 Å². The van der Waals surface area contributed by atoms with E-state index in [1.165, 1.54) is 29.5 Å². The summed E-state index contributed by atoms with van der Waals surface area (Å²) in [5.41, 5.74) is 0.907. The second kappa shape index (κ2) is 8.74. The van der Waals surface area contributed by atoms with E-state index in [-0.39, 0.29) is 28.4 Å². The molecule has 0 aliphatic carbocycles. The van der Waals surface area contributed by atoms with E-state index in [0.717, 1.165) is 4.88 Å². The van der Waals surface area contributed by atoms with Gasteiger partial charge in [0.05, 0.1) is 13.4 Å². The van der Waals surface area contributed by atoms with Gasteiger partial charge in [0.1, 0.15) is 22.8 Å². The Hall–Kier alpha value is -2.20. The van der Waals surface area contributed by atoms with E-state index in [4.69, 9.17) is 4.74 Å². The van der Waals surface area contributed by atoms with Crippen LogP contribution in [0, 0.1) is 0 Å². The summed E-state index contributed by atoms with van der Waals surface area (Å²) >= 11 is 11.2. The fraction of sp³-hybridized carbons (Fsp3) is 0. The van der Waals surface area contributed by atoms with Crippen LogP contribution >= 0.6 is 59.1 Å². The summed E-state index contributed by atoms with van der Waals surface area (Å²) in [6.45, 7) is 0. The molecule has 31 heavy (non-hydrogen) atoms.